The lowest BCUT2D eigenvalue weighted by molar-refractivity contribution is 0.454. The van der Waals surface area contributed by atoms with Gasteiger partial charge in [-0.2, -0.15) is 0 Å². The molecule has 1 heterocycles. The lowest BCUT2D eigenvalue weighted by atomic mass is 9.97. The standard InChI is InChI=1S/C11H18N2S/c1-2-3-6-12-9-4-5-10-11(7-9)14-8-13-10/h8-9,12H,2-7H2,1H3/t9-/m1/s1. The molecule has 0 saturated heterocycles. The summed E-state index contributed by atoms with van der Waals surface area (Å²) >= 11 is 1.82. The second-order valence-corrected chi connectivity index (χ2v) is 4.91. The van der Waals surface area contributed by atoms with E-state index in [0.717, 1.165) is 0 Å². The predicted octanol–water partition coefficient (Wildman–Crippen LogP) is 2.39. The minimum Gasteiger partial charge on any atom is -0.314 e. The third-order valence-corrected chi connectivity index (χ3v) is 3.75. The second kappa shape index (κ2) is 4.89. The van der Waals surface area contributed by atoms with Gasteiger partial charge in [0.1, 0.15) is 0 Å². The van der Waals surface area contributed by atoms with E-state index in [4.69, 9.17) is 0 Å². The minimum absolute atomic E-state index is 0.703. The number of hydrogen-bond donors (Lipinski definition) is 1. The van der Waals surface area contributed by atoms with Gasteiger partial charge in [0.2, 0.25) is 0 Å². The van der Waals surface area contributed by atoms with Gasteiger partial charge in [-0.3, -0.25) is 0 Å². The summed E-state index contributed by atoms with van der Waals surface area (Å²) in [5, 5.41) is 3.63. The van der Waals surface area contributed by atoms with Crippen molar-refractivity contribution in [1.82, 2.24) is 10.3 Å². The van der Waals surface area contributed by atoms with Crippen LogP contribution in [0.5, 0.6) is 0 Å². The summed E-state index contributed by atoms with van der Waals surface area (Å²) in [5.74, 6) is 0. The number of unbranched alkanes of at least 4 members (excludes halogenated alkanes) is 1. The topological polar surface area (TPSA) is 24.9 Å². The maximum atomic E-state index is 4.38. The van der Waals surface area contributed by atoms with Gasteiger partial charge in [-0.15, -0.1) is 11.3 Å². The molecule has 0 fully saturated rings. The van der Waals surface area contributed by atoms with E-state index >= 15 is 0 Å². The molecule has 0 spiro atoms. The van der Waals surface area contributed by atoms with E-state index < -0.39 is 0 Å². The Balaban J connectivity index is 1.82. The van der Waals surface area contributed by atoms with Crippen LogP contribution in [-0.2, 0) is 12.8 Å². The predicted molar refractivity (Wildman–Crippen MR) is 60.8 cm³/mol. The average Bonchev–Trinajstić information content (AvgIpc) is 2.65. The highest BCUT2D eigenvalue weighted by atomic mass is 32.1. The zero-order valence-electron chi connectivity index (χ0n) is 8.75. The average molecular weight is 210 g/mol. The molecular weight excluding hydrogens is 192 g/mol. The van der Waals surface area contributed by atoms with Crippen LogP contribution in [-0.4, -0.2) is 17.6 Å². The van der Waals surface area contributed by atoms with Crippen molar-refractivity contribution in [3.63, 3.8) is 0 Å². The van der Waals surface area contributed by atoms with Gasteiger partial charge in [-0.05, 0) is 32.2 Å². The Labute approximate surface area is 89.8 Å². The fourth-order valence-corrected chi connectivity index (χ4v) is 2.85. The molecule has 78 valence electrons. The molecule has 2 nitrogen and oxygen atoms in total. The van der Waals surface area contributed by atoms with Crippen LogP contribution in [0, 0.1) is 0 Å². The maximum absolute atomic E-state index is 4.38. The number of hydrogen-bond acceptors (Lipinski definition) is 3. The smallest absolute Gasteiger partial charge is 0.0797 e. The molecule has 0 radical (unpaired) electrons. The van der Waals surface area contributed by atoms with Crippen molar-refractivity contribution >= 4 is 11.3 Å². The Hall–Kier alpha value is -0.410. The van der Waals surface area contributed by atoms with Gasteiger partial charge in [-0.1, -0.05) is 13.3 Å². The summed E-state index contributed by atoms with van der Waals surface area (Å²) in [6, 6.07) is 0.703. The van der Waals surface area contributed by atoms with E-state index in [-0.39, 0.29) is 0 Å². The number of rotatable bonds is 4. The molecule has 1 atom stereocenters. The number of nitrogens with one attached hydrogen (secondary N) is 1. The number of fused-ring (bicyclic) bond motifs is 1. The third kappa shape index (κ3) is 2.34. The van der Waals surface area contributed by atoms with E-state index in [1.165, 1.54) is 49.2 Å². The van der Waals surface area contributed by atoms with Crippen LogP contribution in [0.1, 0.15) is 36.8 Å². The number of nitrogens with zero attached hydrogens (tertiary/aromatic N) is 1. The van der Waals surface area contributed by atoms with Crippen LogP contribution in [0.4, 0.5) is 0 Å². The normalized spacial score (nSPS) is 20.8. The van der Waals surface area contributed by atoms with Gasteiger partial charge < -0.3 is 5.32 Å². The van der Waals surface area contributed by atoms with Gasteiger partial charge in [0.05, 0.1) is 11.2 Å². The summed E-state index contributed by atoms with van der Waals surface area (Å²) in [4.78, 5) is 5.88. The van der Waals surface area contributed by atoms with Gasteiger partial charge in [0.15, 0.2) is 0 Å². The molecule has 1 aliphatic carbocycles. The van der Waals surface area contributed by atoms with Crippen molar-refractivity contribution in [1.29, 1.82) is 0 Å². The molecule has 0 aliphatic heterocycles. The first-order valence-corrected chi connectivity index (χ1v) is 6.42. The van der Waals surface area contributed by atoms with Gasteiger partial charge in [0.25, 0.3) is 0 Å². The highest BCUT2D eigenvalue weighted by Gasteiger charge is 2.19. The van der Waals surface area contributed by atoms with E-state index in [0.29, 0.717) is 6.04 Å². The van der Waals surface area contributed by atoms with Crippen molar-refractivity contribution in [2.45, 2.75) is 45.1 Å². The van der Waals surface area contributed by atoms with E-state index in [1.807, 2.05) is 16.8 Å². The van der Waals surface area contributed by atoms with Gasteiger partial charge in [0, 0.05) is 10.9 Å². The fraction of sp³-hybridized carbons (Fsp3) is 0.727. The zero-order chi connectivity index (χ0) is 9.80. The first-order chi connectivity index (χ1) is 6.90. The largest absolute Gasteiger partial charge is 0.314 e. The van der Waals surface area contributed by atoms with E-state index in [1.54, 1.807) is 0 Å². The first-order valence-electron chi connectivity index (χ1n) is 5.54. The highest BCUT2D eigenvalue weighted by molar-refractivity contribution is 7.09. The zero-order valence-corrected chi connectivity index (χ0v) is 9.57. The third-order valence-electron chi connectivity index (χ3n) is 2.85. The van der Waals surface area contributed by atoms with E-state index in [2.05, 4.69) is 17.2 Å². The molecule has 2 rings (SSSR count). The molecule has 14 heavy (non-hydrogen) atoms. The summed E-state index contributed by atoms with van der Waals surface area (Å²) in [7, 11) is 0. The Morgan fingerprint density at radius 2 is 2.57 bits per heavy atom. The van der Waals surface area contributed by atoms with Crippen molar-refractivity contribution in [3.8, 4) is 0 Å². The first kappa shape index (κ1) is 10.1. The summed E-state index contributed by atoms with van der Waals surface area (Å²) in [5.41, 5.74) is 3.34. The van der Waals surface area contributed by atoms with Gasteiger partial charge in [-0.25, -0.2) is 4.98 Å². The summed E-state index contributed by atoms with van der Waals surface area (Å²) in [6.45, 7) is 3.42. The number of aryl methyl sites for hydroxylation is 1. The van der Waals surface area contributed by atoms with Gasteiger partial charge >= 0.3 is 0 Å². The number of thiazole rings is 1. The van der Waals surface area contributed by atoms with E-state index in [9.17, 15) is 0 Å². The second-order valence-electron chi connectivity index (χ2n) is 3.97. The molecular formula is C11H18N2S. The molecule has 0 unspecified atom stereocenters. The lowest BCUT2D eigenvalue weighted by Crippen LogP contribution is -2.34. The molecule has 1 aromatic rings. The molecule has 1 aliphatic rings. The Morgan fingerprint density at radius 3 is 3.43 bits per heavy atom. The lowest BCUT2D eigenvalue weighted by Gasteiger charge is -2.22. The number of aromatic nitrogens is 1. The highest BCUT2D eigenvalue weighted by Crippen LogP contribution is 2.23. The van der Waals surface area contributed by atoms with Crippen molar-refractivity contribution in [3.05, 3.63) is 16.1 Å². The van der Waals surface area contributed by atoms with Crippen molar-refractivity contribution in [2.24, 2.45) is 0 Å². The quantitative estimate of drug-likeness (QED) is 0.772. The van der Waals surface area contributed by atoms with Crippen LogP contribution in [0.25, 0.3) is 0 Å². The Kier molecular flexibility index (Phi) is 3.54. The van der Waals surface area contributed by atoms with Crippen molar-refractivity contribution in [2.75, 3.05) is 6.54 Å². The maximum Gasteiger partial charge on any atom is 0.0797 e. The molecule has 1 N–H and O–H groups in total. The SMILES string of the molecule is CCCCN[C@@H]1CCc2ncsc2C1. The Morgan fingerprint density at radius 1 is 1.64 bits per heavy atom. The molecule has 1 aromatic heterocycles. The van der Waals surface area contributed by atoms with Crippen LogP contribution in [0.2, 0.25) is 0 Å². The molecule has 0 aromatic carbocycles. The fourth-order valence-electron chi connectivity index (χ4n) is 1.96. The molecule has 3 heteroatoms. The van der Waals surface area contributed by atoms with Crippen LogP contribution < -0.4 is 5.32 Å². The monoisotopic (exact) mass is 210 g/mol. The van der Waals surface area contributed by atoms with Crippen LogP contribution >= 0.6 is 11.3 Å². The Bertz CT molecular complexity index is 283. The molecule has 0 bridgehead atoms. The summed E-state index contributed by atoms with van der Waals surface area (Å²) < 4.78 is 0. The molecule has 0 amide bonds. The minimum atomic E-state index is 0.703. The van der Waals surface area contributed by atoms with Crippen molar-refractivity contribution < 1.29 is 0 Å². The van der Waals surface area contributed by atoms with Crippen LogP contribution in [0.15, 0.2) is 5.51 Å². The summed E-state index contributed by atoms with van der Waals surface area (Å²) in [6.07, 6.45) is 6.21. The van der Waals surface area contributed by atoms with Crippen LogP contribution in [0.3, 0.4) is 0 Å². The molecule has 0 saturated carbocycles.